The fourth-order valence-corrected chi connectivity index (χ4v) is 2.68. The molecule has 2 rings (SSSR count). The zero-order valence-electron chi connectivity index (χ0n) is 12.2. The van der Waals surface area contributed by atoms with Gasteiger partial charge in [-0.25, -0.2) is 8.78 Å². The summed E-state index contributed by atoms with van der Waals surface area (Å²) in [7, 11) is 0. The molecular formula is C16H21F2NO. The second-order valence-corrected chi connectivity index (χ2v) is 6.63. The van der Waals surface area contributed by atoms with Crippen LogP contribution in [0.4, 0.5) is 8.78 Å². The Morgan fingerprint density at radius 1 is 1.35 bits per heavy atom. The van der Waals surface area contributed by atoms with E-state index in [9.17, 15) is 13.6 Å². The van der Waals surface area contributed by atoms with Gasteiger partial charge in [0.25, 0.3) is 0 Å². The number of nitrogens with zero attached hydrogens (tertiary/aromatic N) is 1. The van der Waals surface area contributed by atoms with Gasteiger partial charge in [0, 0.05) is 6.54 Å². The normalized spacial score (nSPS) is 20.4. The topological polar surface area (TPSA) is 20.3 Å². The molecule has 0 aliphatic carbocycles. The van der Waals surface area contributed by atoms with Crippen molar-refractivity contribution in [2.24, 2.45) is 11.3 Å². The number of hydrogen-bond donors (Lipinski definition) is 0. The Balaban J connectivity index is 2.01. The molecule has 1 aliphatic rings. The standard InChI is InChI=1S/C16H21F2NO/c1-16(2,3)11-6-7-19(9-11)10-15(20)13-8-12(17)4-5-14(13)18/h4-5,8,11H,6-7,9-10H2,1-3H3. The number of ketones is 1. The molecule has 4 heteroatoms. The molecule has 0 spiro atoms. The first kappa shape index (κ1) is 15.1. The average molecular weight is 281 g/mol. The molecule has 1 aromatic rings. The van der Waals surface area contributed by atoms with Gasteiger partial charge >= 0.3 is 0 Å². The summed E-state index contributed by atoms with van der Waals surface area (Å²) in [4.78, 5) is 14.1. The monoisotopic (exact) mass is 281 g/mol. The van der Waals surface area contributed by atoms with Crippen molar-refractivity contribution in [2.75, 3.05) is 19.6 Å². The number of Topliss-reactive ketones (excluding diaryl/α,β-unsaturated/α-hetero) is 1. The molecule has 1 fully saturated rings. The van der Waals surface area contributed by atoms with E-state index in [1.807, 2.05) is 4.90 Å². The Labute approximate surface area is 118 Å². The molecule has 0 radical (unpaired) electrons. The molecule has 20 heavy (non-hydrogen) atoms. The minimum Gasteiger partial charge on any atom is -0.295 e. The van der Waals surface area contributed by atoms with Crippen LogP contribution in [-0.2, 0) is 0 Å². The van der Waals surface area contributed by atoms with Crippen molar-refractivity contribution in [1.82, 2.24) is 4.90 Å². The van der Waals surface area contributed by atoms with Crippen LogP contribution in [0, 0.1) is 23.0 Å². The molecule has 1 aliphatic heterocycles. The summed E-state index contributed by atoms with van der Waals surface area (Å²) < 4.78 is 26.7. The smallest absolute Gasteiger partial charge is 0.179 e. The number of halogens is 2. The maximum atomic E-state index is 13.6. The third-order valence-electron chi connectivity index (χ3n) is 4.09. The van der Waals surface area contributed by atoms with E-state index in [1.165, 1.54) is 0 Å². The lowest BCUT2D eigenvalue weighted by Gasteiger charge is -2.27. The van der Waals surface area contributed by atoms with Gasteiger partial charge in [-0.1, -0.05) is 20.8 Å². The molecule has 0 N–H and O–H groups in total. The van der Waals surface area contributed by atoms with Crippen LogP contribution in [0.25, 0.3) is 0 Å². The molecule has 0 aromatic heterocycles. The van der Waals surface area contributed by atoms with E-state index >= 15 is 0 Å². The second-order valence-electron chi connectivity index (χ2n) is 6.63. The van der Waals surface area contributed by atoms with Crippen molar-refractivity contribution in [1.29, 1.82) is 0 Å². The third kappa shape index (κ3) is 3.42. The first-order valence-electron chi connectivity index (χ1n) is 6.98. The summed E-state index contributed by atoms with van der Waals surface area (Å²) in [5.74, 6) is -1.05. The highest BCUT2D eigenvalue weighted by molar-refractivity contribution is 5.97. The van der Waals surface area contributed by atoms with E-state index in [-0.39, 0.29) is 23.3 Å². The molecule has 0 bridgehead atoms. The fourth-order valence-electron chi connectivity index (χ4n) is 2.68. The highest BCUT2D eigenvalue weighted by Gasteiger charge is 2.32. The second kappa shape index (κ2) is 5.60. The van der Waals surface area contributed by atoms with Crippen molar-refractivity contribution >= 4 is 5.78 Å². The predicted octanol–water partition coefficient (Wildman–Crippen LogP) is 3.52. The van der Waals surface area contributed by atoms with Gasteiger partial charge in [-0.3, -0.25) is 9.69 Å². The van der Waals surface area contributed by atoms with Gasteiger partial charge in [-0.05, 0) is 42.5 Å². The van der Waals surface area contributed by atoms with Gasteiger partial charge in [-0.15, -0.1) is 0 Å². The van der Waals surface area contributed by atoms with Crippen LogP contribution in [0.1, 0.15) is 37.6 Å². The Morgan fingerprint density at radius 2 is 2.05 bits per heavy atom. The van der Waals surface area contributed by atoms with Gasteiger partial charge in [0.15, 0.2) is 5.78 Å². The number of carbonyl (C=O) groups excluding carboxylic acids is 1. The summed E-state index contributed by atoms with van der Waals surface area (Å²) in [6.07, 6.45) is 1.04. The molecular weight excluding hydrogens is 260 g/mol. The van der Waals surface area contributed by atoms with Crippen molar-refractivity contribution in [3.8, 4) is 0 Å². The summed E-state index contributed by atoms with van der Waals surface area (Å²) in [6, 6.07) is 3.01. The first-order valence-corrected chi connectivity index (χ1v) is 6.98. The zero-order valence-corrected chi connectivity index (χ0v) is 12.2. The number of likely N-dealkylation sites (tertiary alicyclic amines) is 1. The zero-order chi connectivity index (χ0) is 14.9. The molecule has 1 atom stereocenters. The molecule has 1 unspecified atom stereocenters. The molecule has 1 saturated heterocycles. The Morgan fingerprint density at radius 3 is 2.65 bits per heavy atom. The number of hydrogen-bond acceptors (Lipinski definition) is 2. The van der Waals surface area contributed by atoms with Crippen LogP contribution in [0.2, 0.25) is 0 Å². The van der Waals surface area contributed by atoms with E-state index in [0.29, 0.717) is 5.92 Å². The van der Waals surface area contributed by atoms with Crippen molar-refractivity contribution in [3.05, 3.63) is 35.4 Å². The molecule has 0 saturated carbocycles. The fraction of sp³-hybridized carbons (Fsp3) is 0.562. The van der Waals surface area contributed by atoms with E-state index in [1.54, 1.807) is 0 Å². The minimum absolute atomic E-state index is 0.149. The quantitative estimate of drug-likeness (QED) is 0.790. The molecule has 1 heterocycles. The summed E-state index contributed by atoms with van der Waals surface area (Å²) >= 11 is 0. The van der Waals surface area contributed by atoms with Crippen molar-refractivity contribution < 1.29 is 13.6 Å². The van der Waals surface area contributed by atoms with Crippen LogP contribution >= 0.6 is 0 Å². The highest BCUT2D eigenvalue weighted by Crippen LogP contribution is 2.33. The lowest BCUT2D eigenvalue weighted by Crippen LogP contribution is -2.30. The lowest BCUT2D eigenvalue weighted by atomic mass is 9.80. The Bertz CT molecular complexity index is 508. The van der Waals surface area contributed by atoms with Gasteiger partial charge in [-0.2, -0.15) is 0 Å². The van der Waals surface area contributed by atoms with Gasteiger partial charge in [0.1, 0.15) is 11.6 Å². The summed E-state index contributed by atoms with van der Waals surface area (Å²) in [5, 5.41) is 0. The van der Waals surface area contributed by atoms with Gasteiger partial charge in [0.2, 0.25) is 0 Å². The molecule has 2 nitrogen and oxygen atoms in total. The largest absolute Gasteiger partial charge is 0.295 e. The van der Waals surface area contributed by atoms with Crippen LogP contribution in [-0.4, -0.2) is 30.3 Å². The highest BCUT2D eigenvalue weighted by atomic mass is 19.1. The Hall–Kier alpha value is -1.29. The van der Waals surface area contributed by atoms with Crippen LogP contribution < -0.4 is 0 Å². The SMILES string of the molecule is CC(C)(C)C1CCN(CC(=O)c2cc(F)ccc2F)C1. The van der Waals surface area contributed by atoms with Crippen LogP contribution in [0.3, 0.4) is 0 Å². The summed E-state index contributed by atoms with van der Waals surface area (Å²) in [5.41, 5.74) is 0.0613. The Kier molecular flexibility index (Phi) is 4.23. The van der Waals surface area contributed by atoms with Crippen molar-refractivity contribution in [3.63, 3.8) is 0 Å². The maximum absolute atomic E-state index is 13.6. The number of benzene rings is 1. The van der Waals surface area contributed by atoms with Crippen LogP contribution in [0.5, 0.6) is 0 Å². The minimum atomic E-state index is -0.650. The van der Waals surface area contributed by atoms with Crippen molar-refractivity contribution in [2.45, 2.75) is 27.2 Å². The lowest BCUT2D eigenvalue weighted by molar-refractivity contribution is 0.0933. The van der Waals surface area contributed by atoms with E-state index < -0.39 is 11.6 Å². The maximum Gasteiger partial charge on any atom is 0.179 e. The molecule has 1 aromatic carbocycles. The van der Waals surface area contributed by atoms with Gasteiger partial charge in [0.05, 0.1) is 12.1 Å². The average Bonchev–Trinajstić information content (AvgIpc) is 2.80. The first-order chi connectivity index (χ1) is 9.27. The van der Waals surface area contributed by atoms with E-state index in [4.69, 9.17) is 0 Å². The van der Waals surface area contributed by atoms with Gasteiger partial charge < -0.3 is 0 Å². The third-order valence-corrected chi connectivity index (χ3v) is 4.09. The van der Waals surface area contributed by atoms with E-state index in [2.05, 4.69) is 20.8 Å². The number of carbonyl (C=O) groups is 1. The predicted molar refractivity (Wildman–Crippen MR) is 74.7 cm³/mol. The summed E-state index contributed by atoms with van der Waals surface area (Å²) in [6.45, 7) is 8.41. The molecule has 0 amide bonds. The van der Waals surface area contributed by atoms with E-state index in [0.717, 1.165) is 37.7 Å². The van der Waals surface area contributed by atoms with Crippen LogP contribution in [0.15, 0.2) is 18.2 Å². The molecule has 110 valence electrons. The number of rotatable bonds is 3.